The van der Waals surface area contributed by atoms with Crippen LogP contribution in [0.2, 0.25) is 0 Å². The summed E-state index contributed by atoms with van der Waals surface area (Å²) < 4.78 is 0. The highest BCUT2D eigenvalue weighted by Crippen LogP contribution is 2.18. The molecule has 0 saturated carbocycles. The Labute approximate surface area is 121 Å². The molecular weight excluding hydrogens is 250 g/mol. The normalized spacial score (nSPS) is 14.4. The summed E-state index contributed by atoms with van der Waals surface area (Å²) in [7, 11) is 4.13. The van der Waals surface area contributed by atoms with E-state index in [0.717, 1.165) is 39.0 Å². The molecule has 4 heteroatoms. The summed E-state index contributed by atoms with van der Waals surface area (Å²) >= 11 is 0. The molecule has 0 spiro atoms. The number of nitrogens with zero attached hydrogens (tertiary/aromatic N) is 2. The van der Waals surface area contributed by atoms with Crippen LogP contribution in [0.5, 0.6) is 0 Å². The molecule has 2 rings (SSSR count). The SMILES string of the molecule is CN(C)CCCNCC(=O)N1CCc2ccccc2C1. The monoisotopic (exact) mass is 275 g/mol. The van der Waals surface area contributed by atoms with E-state index in [9.17, 15) is 4.79 Å². The molecule has 4 nitrogen and oxygen atoms in total. The average molecular weight is 275 g/mol. The van der Waals surface area contributed by atoms with Crippen molar-refractivity contribution in [3.63, 3.8) is 0 Å². The molecule has 1 N–H and O–H groups in total. The fourth-order valence-corrected chi connectivity index (χ4v) is 2.54. The van der Waals surface area contributed by atoms with Crippen LogP contribution in [0.15, 0.2) is 24.3 Å². The third kappa shape index (κ3) is 4.32. The lowest BCUT2D eigenvalue weighted by molar-refractivity contribution is -0.131. The van der Waals surface area contributed by atoms with Crippen molar-refractivity contribution in [1.82, 2.24) is 15.1 Å². The summed E-state index contributed by atoms with van der Waals surface area (Å²) in [5.41, 5.74) is 2.68. The molecule has 1 amide bonds. The standard InChI is InChI=1S/C16H25N3O/c1-18(2)10-5-9-17-12-16(20)19-11-8-14-6-3-4-7-15(14)13-19/h3-4,6-7,17H,5,8-13H2,1-2H3. The molecular formula is C16H25N3O. The molecule has 1 heterocycles. The smallest absolute Gasteiger partial charge is 0.236 e. The minimum Gasteiger partial charge on any atom is -0.337 e. The first-order valence-corrected chi connectivity index (χ1v) is 7.37. The van der Waals surface area contributed by atoms with E-state index in [1.54, 1.807) is 0 Å². The molecule has 1 aromatic carbocycles. The zero-order chi connectivity index (χ0) is 14.4. The van der Waals surface area contributed by atoms with Crippen molar-refractivity contribution in [2.45, 2.75) is 19.4 Å². The first-order chi connectivity index (χ1) is 9.66. The van der Waals surface area contributed by atoms with Crippen LogP contribution in [0, 0.1) is 0 Å². The Kier molecular flexibility index (Phi) is 5.56. The third-order valence-electron chi connectivity index (χ3n) is 3.72. The number of rotatable bonds is 6. The van der Waals surface area contributed by atoms with Gasteiger partial charge in [-0.3, -0.25) is 4.79 Å². The Balaban J connectivity index is 1.72. The van der Waals surface area contributed by atoms with E-state index in [1.807, 2.05) is 11.0 Å². The van der Waals surface area contributed by atoms with Gasteiger partial charge in [0.1, 0.15) is 0 Å². The van der Waals surface area contributed by atoms with E-state index in [0.29, 0.717) is 6.54 Å². The fourth-order valence-electron chi connectivity index (χ4n) is 2.54. The molecule has 0 saturated heterocycles. The lowest BCUT2D eigenvalue weighted by atomic mass is 10.00. The quantitative estimate of drug-likeness (QED) is 0.790. The number of amides is 1. The summed E-state index contributed by atoms with van der Waals surface area (Å²) in [6, 6.07) is 8.41. The molecule has 1 aromatic rings. The van der Waals surface area contributed by atoms with Crippen LogP contribution in [-0.4, -0.2) is 56.0 Å². The van der Waals surface area contributed by atoms with Gasteiger partial charge in [-0.2, -0.15) is 0 Å². The highest BCUT2D eigenvalue weighted by Gasteiger charge is 2.19. The van der Waals surface area contributed by atoms with Crippen molar-refractivity contribution in [1.29, 1.82) is 0 Å². The highest BCUT2D eigenvalue weighted by molar-refractivity contribution is 5.78. The van der Waals surface area contributed by atoms with E-state index >= 15 is 0 Å². The predicted molar refractivity (Wildman–Crippen MR) is 81.6 cm³/mol. The minimum atomic E-state index is 0.212. The lowest BCUT2D eigenvalue weighted by Crippen LogP contribution is -2.41. The number of benzene rings is 1. The molecule has 0 radical (unpaired) electrons. The molecule has 0 unspecified atom stereocenters. The lowest BCUT2D eigenvalue weighted by Gasteiger charge is -2.29. The molecule has 0 atom stereocenters. The van der Waals surface area contributed by atoms with Crippen molar-refractivity contribution in [2.75, 3.05) is 40.3 Å². The van der Waals surface area contributed by atoms with E-state index in [2.05, 4.69) is 42.5 Å². The summed E-state index contributed by atoms with van der Waals surface area (Å²) in [6.07, 6.45) is 2.05. The van der Waals surface area contributed by atoms with E-state index < -0.39 is 0 Å². The van der Waals surface area contributed by atoms with Gasteiger partial charge >= 0.3 is 0 Å². The summed E-state index contributed by atoms with van der Waals surface area (Å²) in [5, 5.41) is 3.24. The van der Waals surface area contributed by atoms with Gasteiger partial charge in [-0.25, -0.2) is 0 Å². The molecule has 110 valence electrons. The molecule has 0 aromatic heterocycles. The number of hydrogen-bond donors (Lipinski definition) is 1. The number of hydrogen-bond acceptors (Lipinski definition) is 3. The molecule has 20 heavy (non-hydrogen) atoms. The van der Waals surface area contributed by atoms with Crippen molar-refractivity contribution < 1.29 is 4.79 Å². The molecule has 0 aliphatic carbocycles. The Morgan fingerprint density at radius 2 is 2.05 bits per heavy atom. The maximum Gasteiger partial charge on any atom is 0.236 e. The van der Waals surface area contributed by atoms with Crippen molar-refractivity contribution in [2.24, 2.45) is 0 Å². The second-order valence-corrected chi connectivity index (χ2v) is 5.67. The maximum absolute atomic E-state index is 12.2. The molecule has 1 aliphatic rings. The van der Waals surface area contributed by atoms with Crippen molar-refractivity contribution >= 4 is 5.91 Å². The first kappa shape index (κ1) is 15.0. The second-order valence-electron chi connectivity index (χ2n) is 5.67. The van der Waals surface area contributed by atoms with Crippen LogP contribution in [0.4, 0.5) is 0 Å². The Morgan fingerprint density at radius 3 is 2.80 bits per heavy atom. The van der Waals surface area contributed by atoms with Gasteiger partial charge < -0.3 is 15.1 Å². The van der Waals surface area contributed by atoms with Crippen LogP contribution in [0.25, 0.3) is 0 Å². The van der Waals surface area contributed by atoms with Gasteiger partial charge in [-0.15, -0.1) is 0 Å². The van der Waals surface area contributed by atoms with Crippen LogP contribution >= 0.6 is 0 Å². The van der Waals surface area contributed by atoms with Crippen molar-refractivity contribution in [3.05, 3.63) is 35.4 Å². The largest absolute Gasteiger partial charge is 0.337 e. The first-order valence-electron chi connectivity index (χ1n) is 7.37. The fraction of sp³-hybridized carbons (Fsp3) is 0.562. The van der Waals surface area contributed by atoms with Gasteiger partial charge in [0.05, 0.1) is 6.54 Å². The van der Waals surface area contributed by atoms with E-state index in [-0.39, 0.29) is 5.91 Å². The Hall–Kier alpha value is -1.39. The van der Waals surface area contributed by atoms with Gasteiger partial charge in [-0.05, 0) is 51.2 Å². The van der Waals surface area contributed by atoms with Gasteiger partial charge in [0, 0.05) is 13.1 Å². The van der Waals surface area contributed by atoms with Crippen LogP contribution in [0.3, 0.4) is 0 Å². The highest BCUT2D eigenvalue weighted by atomic mass is 16.2. The van der Waals surface area contributed by atoms with Crippen LogP contribution in [0.1, 0.15) is 17.5 Å². The minimum absolute atomic E-state index is 0.212. The molecule has 0 bridgehead atoms. The Bertz CT molecular complexity index is 445. The second kappa shape index (κ2) is 7.41. The predicted octanol–water partition coefficient (Wildman–Crippen LogP) is 1.11. The summed E-state index contributed by atoms with van der Waals surface area (Å²) in [5.74, 6) is 0.212. The van der Waals surface area contributed by atoms with Gasteiger partial charge in [0.25, 0.3) is 0 Å². The van der Waals surface area contributed by atoms with Crippen LogP contribution < -0.4 is 5.32 Å². The number of nitrogens with one attached hydrogen (secondary N) is 1. The maximum atomic E-state index is 12.2. The number of carbonyl (C=O) groups is 1. The van der Waals surface area contributed by atoms with E-state index in [4.69, 9.17) is 0 Å². The number of carbonyl (C=O) groups excluding carboxylic acids is 1. The van der Waals surface area contributed by atoms with Gasteiger partial charge in [0.15, 0.2) is 0 Å². The molecule has 0 fully saturated rings. The van der Waals surface area contributed by atoms with Gasteiger partial charge in [0.2, 0.25) is 5.91 Å². The zero-order valence-corrected chi connectivity index (χ0v) is 12.6. The summed E-state index contributed by atoms with van der Waals surface area (Å²) in [6.45, 7) is 4.01. The third-order valence-corrected chi connectivity index (χ3v) is 3.72. The number of fused-ring (bicyclic) bond motifs is 1. The van der Waals surface area contributed by atoms with E-state index in [1.165, 1.54) is 11.1 Å². The van der Waals surface area contributed by atoms with Gasteiger partial charge in [-0.1, -0.05) is 24.3 Å². The van der Waals surface area contributed by atoms with Crippen LogP contribution in [-0.2, 0) is 17.8 Å². The zero-order valence-electron chi connectivity index (χ0n) is 12.6. The topological polar surface area (TPSA) is 35.6 Å². The van der Waals surface area contributed by atoms with Crippen molar-refractivity contribution in [3.8, 4) is 0 Å². The average Bonchev–Trinajstić information content (AvgIpc) is 2.46. The summed E-state index contributed by atoms with van der Waals surface area (Å²) in [4.78, 5) is 16.3. The Morgan fingerprint density at radius 1 is 1.30 bits per heavy atom. The molecule has 1 aliphatic heterocycles.